The van der Waals surface area contributed by atoms with E-state index in [1.807, 2.05) is 4.57 Å². The first-order valence-corrected chi connectivity index (χ1v) is 10.0. The van der Waals surface area contributed by atoms with Crippen LogP contribution in [0.3, 0.4) is 0 Å². The minimum Gasteiger partial charge on any atom is -0.298 e. The van der Waals surface area contributed by atoms with Crippen molar-refractivity contribution in [3.63, 3.8) is 0 Å². The molecule has 0 aliphatic heterocycles. The van der Waals surface area contributed by atoms with Gasteiger partial charge in [0.2, 0.25) is 0 Å². The second-order valence-electron chi connectivity index (χ2n) is 5.55. The second kappa shape index (κ2) is 8.93. The molecular formula is C19H14Cl3N3OS. The molecular weight excluding hydrogens is 425 g/mol. The highest BCUT2D eigenvalue weighted by Crippen LogP contribution is 2.31. The van der Waals surface area contributed by atoms with E-state index in [1.54, 1.807) is 48.5 Å². The van der Waals surface area contributed by atoms with Crippen LogP contribution in [0.2, 0.25) is 15.1 Å². The van der Waals surface area contributed by atoms with Gasteiger partial charge in [-0.05, 0) is 42.5 Å². The summed E-state index contributed by atoms with van der Waals surface area (Å²) in [7, 11) is 0. The van der Waals surface area contributed by atoms with Crippen molar-refractivity contribution in [1.29, 1.82) is 0 Å². The van der Waals surface area contributed by atoms with Crippen molar-refractivity contribution < 1.29 is 4.79 Å². The molecule has 0 unspecified atom stereocenters. The largest absolute Gasteiger partial charge is 0.298 e. The van der Waals surface area contributed by atoms with Gasteiger partial charge in [0.15, 0.2) is 16.8 Å². The number of ketones is 1. The van der Waals surface area contributed by atoms with Gasteiger partial charge in [-0.2, -0.15) is 0 Å². The second-order valence-corrected chi connectivity index (χ2v) is 7.77. The Morgan fingerprint density at radius 3 is 2.44 bits per heavy atom. The summed E-state index contributed by atoms with van der Waals surface area (Å²) in [5.74, 6) is 0.805. The molecule has 27 heavy (non-hydrogen) atoms. The zero-order valence-electron chi connectivity index (χ0n) is 14.0. The molecule has 0 atom stereocenters. The van der Waals surface area contributed by atoms with Crippen molar-refractivity contribution >= 4 is 52.3 Å². The van der Waals surface area contributed by atoms with Crippen molar-refractivity contribution in [3.8, 4) is 11.4 Å². The van der Waals surface area contributed by atoms with Gasteiger partial charge in [-0.3, -0.25) is 9.36 Å². The maximum Gasteiger partial charge on any atom is 0.192 e. The Morgan fingerprint density at radius 1 is 1.07 bits per heavy atom. The fourth-order valence-electron chi connectivity index (χ4n) is 2.41. The van der Waals surface area contributed by atoms with E-state index in [-0.39, 0.29) is 11.5 Å². The zero-order chi connectivity index (χ0) is 19.4. The highest BCUT2D eigenvalue weighted by Gasteiger charge is 2.17. The van der Waals surface area contributed by atoms with E-state index >= 15 is 0 Å². The average molecular weight is 439 g/mol. The van der Waals surface area contributed by atoms with Crippen molar-refractivity contribution in [2.75, 3.05) is 5.75 Å². The Kier molecular flexibility index (Phi) is 6.60. The lowest BCUT2D eigenvalue weighted by Gasteiger charge is -2.09. The average Bonchev–Trinajstić information content (AvgIpc) is 3.03. The van der Waals surface area contributed by atoms with Crippen molar-refractivity contribution in [1.82, 2.24) is 14.8 Å². The van der Waals surface area contributed by atoms with Gasteiger partial charge in [0.25, 0.3) is 0 Å². The van der Waals surface area contributed by atoms with E-state index in [1.165, 1.54) is 11.8 Å². The van der Waals surface area contributed by atoms with Crippen LogP contribution < -0.4 is 0 Å². The van der Waals surface area contributed by atoms with Crippen LogP contribution >= 0.6 is 46.6 Å². The highest BCUT2D eigenvalue weighted by atomic mass is 35.5. The first-order valence-electron chi connectivity index (χ1n) is 7.90. The SMILES string of the molecule is C=CCn1c(SCC(=O)c2ccc(Cl)cc2)nnc1-c1ccc(Cl)cc1Cl. The van der Waals surface area contributed by atoms with Gasteiger partial charge in [0.05, 0.1) is 10.8 Å². The number of nitrogens with zero attached hydrogens (tertiary/aromatic N) is 3. The van der Waals surface area contributed by atoms with Gasteiger partial charge in [0.1, 0.15) is 0 Å². The van der Waals surface area contributed by atoms with Crippen LogP contribution in [0.25, 0.3) is 11.4 Å². The van der Waals surface area contributed by atoms with Crippen LogP contribution in [0.4, 0.5) is 0 Å². The summed E-state index contributed by atoms with van der Waals surface area (Å²) < 4.78 is 1.86. The fraction of sp³-hybridized carbons (Fsp3) is 0.105. The number of hydrogen-bond acceptors (Lipinski definition) is 4. The molecule has 0 spiro atoms. The Balaban J connectivity index is 1.83. The normalized spacial score (nSPS) is 10.8. The molecule has 0 radical (unpaired) electrons. The maximum atomic E-state index is 12.4. The first-order chi connectivity index (χ1) is 13.0. The molecule has 0 bridgehead atoms. The number of thioether (sulfide) groups is 1. The Hall–Kier alpha value is -1.79. The summed E-state index contributed by atoms with van der Waals surface area (Å²) in [5.41, 5.74) is 1.31. The molecule has 1 heterocycles. The molecule has 3 aromatic rings. The Bertz CT molecular complexity index is 986. The predicted octanol–water partition coefficient (Wildman–Crippen LogP) is 6.07. The summed E-state index contributed by atoms with van der Waals surface area (Å²) in [6.07, 6.45) is 1.74. The van der Waals surface area contributed by atoms with Gasteiger partial charge in [-0.15, -0.1) is 16.8 Å². The number of rotatable bonds is 7. The lowest BCUT2D eigenvalue weighted by atomic mass is 10.1. The summed E-state index contributed by atoms with van der Waals surface area (Å²) in [6.45, 7) is 4.26. The minimum absolute atomic E-state index is 0.0177. The molecule has 2 aromatic carbocycles. The van der Waals surface area contributed by atoms with E-state index in [0.29, 0.717) is 43.7 Å². The Labute approximate surface area is 176 Å². The van der Waals surface area contributed by atoms with Gasteiger partial charge in [0, 0.05) is 27.7 Å². The monoisotopic (exact) mass is 437 g/mol. The number of hydrogen-bond donors (Lipinski definition) is 0. The summed E-state index contributed by atoms with van der Waals surface area (Å²) in [4.78, 5) is 12.4. The van der Waals surface area contributed by atoms with Gasteiger partial charge >= 0.3 is 0 Å². The van der Waals surface area contributed by atoms with Gasteiger partial charge < -0.3 is 0 Å². The van der Waals surface area contributed by atoms with Crippen LogP contribution in [0.15, 0.2) is 60.3 Å². The number of halogens is 3. The fourth-order valence-corrected chi connectivity index (χ4v) is 3.87. The lowest BCUT2D eigenvalue weighted by molar-refractivity contribution is 0.102. The molecule has 0 saturated heterocycles. The van der Waals surface area contributed by atoms with Gasteiger partial charge in [-0.25, -0.2) is 0 Å². The van der Waals surface area contributed by atoms with Crippen molar-refractivity contribution in [3.05, 3.63) is 75.8 Å². The molecule has 8 heteroatoms. The number of allylic oxidation sites excluding steroid dienone is 1. The third-order valence-corrected chi connectivity index (χ3v) is 5.47. The molecule has 4 nitrogen and oxygen atoms in total. The zero-order valence-corrected chi connectivity index (χ0v) is 17.1. The molecule has 0 fully saturated rings. The number of carbonyl (C=O) groups is 1. The standard InChI is InChI=1S/C19H14Cl3N3OS/c1-2-9-25-18(15-8-7-14(21)10-16(15)22)23-24-19(25)27-11-17(26)12-3-5-13(20)6-4-12/h2-8,10H,1,9,11H2. The molecule has 0 saturated carbocycles. The lowest BCUT2D eigenvalue weighted by Crippen LogP contribution is -2.05. The smallest absolute Gasteiger partial charge is 0.192 e. The third-order valence-electron chi connectivity index (χ3n) is 3.70. The number of Topliss-reactive ketones (excluding diaryl/α,β-unsaturated/α-hetero) is 1. The maximum absolute atomic E-state index is 12.4. The summed E-state index contributed by atoms with van der Waals surface area (Å²) >= 11 is 19.4. The third kappa shape index (κ3) is 4.74. The Morgan fingerprint density at radius 2 is 1.78 bits per heavy atom. The highest BCUT2D eigenvalue weighted by molar-refractivity contribution is 7.99. The van der Waals surface area contributed by atoms with Crippen LogP contribution in [0.1, 0.15) is 10.4 Å². The van der Waals surface area contributed by atoms with Crippen LogP contribution in [-0.2, 0) is 6.54 Å². The van der Waals surface area contributed by atoms with E-state index in [0.717, 1.165) is 0 Å². The molecule has 0 aliphatic carbocycles. The van der Waals surface area contributed by atoms with E-state index in [9.17, 15) is 4.79 Å². The van der Waals surface area contributed by atoms with E-state index < -0.39 is 0 Å². The number of benzene rings is 2. The number of carbonyl (C=O) groups excluding carboxylic acids is 1. The quantitative estimate of drug-likeness (QED) is 0.255. The van der Waals surface area contributed by atoms with Crippen LogP contribution in [-0.4, -0.2) is 26.3 Å². The molecule has 0 N–H and O–H groups in total. The minimum atomic E-state index is -0.0177. The molecule has 1 aromatic heterocycles. The van der Waals surface area contributed by atoms with E-state index in [2.05, 4.69) is 16.8 Å². The van der Waals surface area contributed by atoms with Crippen molar-refractivity contribution in [2.24, 2.45) is 0 Å². The van der Waals surface area contributed by atoms with Crippen molar-refractivity contribution in [2.45, 2.75) is 11.7 Å². The topological polar surface area (TPSA) is 47.8 Å². The molecule has 0 aliphatic rings. The molecule has 138 valence electrons. The van der Waals surface area contributed by atoms with Crippen LogP contribution in [0, 0.1) is 0 Å². The molecule has 3 rings (SSSR count). The summed E-state index contributed by atoms with van der Waals surface area (Å²) in [6, 6.07) is 12.0. The van der Waals surface area contributed by atoms with Gasteiger partial charge in [-0.1, -0.05) is 52.6 Å². The summed E-state index contributed by atoms with van der Waals surface area (Å²) in [5, 5.41) is 10.7. The van der Waals surface area contributed by atoms with E-state index in [4.69, 9.17) is 34.8 Å². The first kappa shape index (κ1) is 20.0. The predicted molar refractivity (Wildman–Crippen MR) is 112 cm³/mol. The van der Waals surface area contributed by atoms with Crippen LogP contribution in [0.5, 0.6) is 0 Å². The number of aromatic nitrogens is 3. The molecule has 0 amide bonds.